The van der Waals surface area contributed by atoms with Gasteiger partial charge in [0.15, 0.2) is 0 Å². The van der Waals surface area contributed by atoms with E-state index in [0.29, 0.717) is 16.9 Å². The van der Waals surface area contributed by atoms with Crippen molar-refractivity contribution in [3.63, 3.8) is 0 Å². The van der Waals surface area contributed by atoms with Gasteiger partial charge in [-0.05, 0) is 60.7 Å². The summed E-state index contributed by atoms with van der Waals surface area (Å²) in [5.74, 6) is 2.06. The number of benzene rings is 3. The predicted molar refractivity (Wildman–Crippen MR) is 114 cm³/mol. The Labute approximate surface area is 172 Å². The summed E-state index contributed by atoms with van der Waals surface area (Å²) in [6.45, 7) is 0. The molecule has 3 aromatic rings. The Bertz CT molecular complexity index is 1170. The summed E-state index contributed by atoms with van der Waals surface area (Å²) in [4.78, 5) is 12.5. The van der Waals surface area contributed by atoms with E-state index in [1.165, 1.54) is 18.2 Å². The van der Waals surface area contributed by atoms with Gasteiger partial charge < -0.3 is 5.32 Å². The zero-order valence-electron chi connectivity index (χ0n) is 14.5. The van der Waals surface area contributed by atoms with Gasteiger partial charge in [-0.2, -0.15) is 0 Å². The first kappa shape index (κ1) is 19.7. The van der Waals surface area contributed by atoms with Gasteiger partial charge in [0.1, 0.15) is 0 Å². The van der Waals surface area contributed by atoms with Crippen LogP contribution in [0, 0.1) is 12.3 Å². The number of carbonyl (C=O) groups is 1. The molecule has 0 aliphatic carbocycles. The summed E-state index contributed by atoms with van der Waals surface area (Å²) >= 11 is 3.30. The number of amides is 1. The molecule has 7 heteroatoms. The maximum Gasteiger partial charge on any atom is 0.261 e. The lowest BCUT2D eigenvalue weighted by Gasteiger charge is -2.10. The van der Waals surface area contributed by atoms with E-state index >= 15 is 0 Å². The van der Waals surface area contributed by atoms with Crippen LogP contribution >= 0.6 is 15.9 Å². The van der Waals surface area contributed by atoms with Gasteiger partial charge in [0.2, 0.25) is 0 Å². The number of sulfonamides is 1. The van der Waals surface area contributed by atoms with Crippen LogP contribution in [0.4, 0.5) is 11.4 Å². The first-order chi connectivity index (χ1) is 13.4. The van der Waals surface area contributed by atoms with Crippen LogP contribution in [0.1, 0.15) is 15.9 Å². The van der Waals surface area contributed by atoms with E-state index in [-0.39, 0.29) is 10.5 Å². The first-order valence-electron chi connectivity index (χ1n) is 8.14. The molecule has 0 bridgehead atoms. The number of hydrogen-bond donors (Lipinski definition) is 2. The van der Waals surface area contributed by atoms with Crippen molar-refractivity contribution in [1.82, 2.24) is 0 Å². The van der Waals surface area contributed by atoms with Gasteiger partial charge in [-0.3, -0.25) is 9.52 Å². The Kier molecular flexibility index (Phi) is 5.83. The maximum atomic E-state index is 12.6. The zero-order chi connectivity index (χ0) is 20.1. The molecule has 3 rings (SSSR count). The Morgan fingerprint density at radius 2 is 1.64 bits per heavy atom. The highest BCUT2D eigenvalue weighted by molar-refractivity contribution is 9.10. The number of rotatable bonds is 5. The molecule has 0 fully saturated rings. The number of carbonyl (C=O) groups excluding carboxylic acids is 1. The van der Waals surface area contributed by atoms with Gasteiger partial charge in [-0.25, -0.2) is 8.42 Å². The normalized spacial score (nSPS) is 10.7. The SMILES string of the molecule is C#Cc1cccc(NC(=O)c2cccc(S(=O)(=O)Nc3ccc(Br)cc3)c2)c1. The number of terminal acetylenes is 1. The summed E-state index contributed by atoms with van der Waals surface area (Å²) in [6, 6.07) is 19.4. The minimum Gasteiger partial charge on any atom is -0.322 e. The molecule has 0 atom stereocenters. The van der Waals surface area contributed by atoms with Crippen LogP contribution in [0.25, 0.3) is 0 Å². The second-order valence-corrected chi connectivity index (χ2v) is 8.42. The van der Waals surface area contributed by atoms with Crippen LogP contribution < -0.4 is 10.0 Å². The second-order valence-electron chi connectivity index (χ2n) is 5.82. The topological polar surface area (TPSA) is 75.3 Å². The molecule has 3 aromatic carbocycles. The lowest BCUT2D eigenvalue weighted by atomic mass is 10.2. The monoisotopic (exact) mass is 454 g/mol. The molecule has 28 heavy (non-hydrogen) atoms. The average Bonchev–Trinajstić information content (AvgIpc) is 2.70. The van der Waals surface area contributed by atoms with Gasteiger partial charge in [0, 0.05) is 27.0 Å². The van der Waals surface area contributed by atoms with Crippen molar-refractivity contribution >= 4 is 43.2 Å². The smallest absolute Gasteiger partial charge is 0.261 e. The van der Waals surface area contributed by atoms with Crippen LogP contribution in [0.5, 0.6) is 0 Å². The van der Waals surface area contributed by atoms with Gasteiger partial charge in [-0.1, -0.05) is 34.0 Å². The van der Waals surface area contributed by atoms with Crippen LogP contribution in [0.15, 0.2) is 82.2 Å². The average molecular weight is 455 g/mol. The lowest BCUT2D eigenvalue weighted by Crippen LogP contribution is -2.16. The molecule has 0 saturated carbocycles. The maximum absolute atomic E-state index is 12.6. The first-order valence-corrected chi connectivity index (χ1v) is 10.4. The molecule has 2 N–H and O–H groups in total. The number of anilines is 2. The summed E-state index contributed by atoms with van der Waals surface area (Å²) < 4.78 is 28.6. The lowest BCUT2D eigenvalue weighted by molar-refractivity contribution is 0.102. The van der Waals surface area contributed by atoms with E-state index in [1.807, 2.05) is 0 Å². The number of halogens is 1. The molecular weight excluding hydrogens is 440 g/mol. The van der Waals surface area contributed by atoms with Crippen LogP contribution in [-0.2, 0) is 10.0 Å². The minimum absolute atomic E-state index is 0.0135. The summed E-state index contributed by atoms with van der Waals surface area (Å²) in [5, 5.41) is 2.71. The molecule has 0 spiro atoms. The standard InChI is InChI=1S/C21H15BrN2O3S/c1-2-15-5-3-7-19(13-15)23-21(25)16-6-4-8-20(14-16)28(26,27)24-18-11-9-17(22)10-12-18/h1,3-14,24H,(H,23,25). The fraction of sp³-hybridized carbons (Fsp3) is 0. The minimum atomic E-state index is -3.84. The summed E-state index contributed by atoms with van der Waals surface area (Å²) in [6.07, 6.45) is 5.36. The number of nitrogens with one attached hydrogen (secondary N) is 2. The molecule has 5 nitrogen and oxygen atoms in total. The third-order valence-electron chi connectivity index (χ3n) is 3.79. The van der Waals surface area contributed by atoms with E-state index in [9.17, 15) is 13.2 Å². The summed E-state index contributed by atoms with van der Waals surface area (Å²) in [5.41, 5.74) is 1.79. The van der Waals surface area contributed by atoms with E-state index in [1.54, 1.807) is 54.6 Å². The molecule has 0 unspecified atom stereocenters. The van der Waals surface area contributed by atoms with Crippen molar-refractivity contribution in [2.75, 3.05) is 10.0 Å². The fourth-order valence-corrected chi connectivity index (χ4v) is 3.79. The Balaban J connectivity index is 1.81. The van der Waals surface area contributed by atoms with Gasteiger partial charge in [0.05, 0.1) is 4.90 Å². The van der Waals surface area contributed by atoms with Crippen LogP contribution in [-0.4, -0.2) is 14.3 Å². The van der Waals surface area contributed by atoms with Crippen molar-refractivity contribution in [1.29, 1.82) is 0 Å². The van der Waals surface area contributed by atoms with Gasteiger partial charge >= 0.3 is 0 Å². The van der Waals surface area contributed by atoms with Crippen molar-refractivity contribution in [3.8, 4) is 12.3 Å². The highest BCUT2D eigenvalue weighted by Gasteiger charge is 2.17. The Hall–Kier alpha value is -3.08. The highest BCUT2D eigenvalue weighted by atomic mass is 79.9. The molecule has 0 aliphatic heterocycles. The van der Waals surface area contributed by atoms with E-state index in [4.69, 9.17) is 6.42 Å². The van der Waals surface area contributed by atoms with E-state index in [0.717, 1.165) is 4.47 Å². The van der Waals surface area contributed by atoms with Crippen LogP contribution in [0.2, 0.25) is 0 Å². The van der Waals surface area contributed by atoms with Gasteiger partial charge in [-0.15, -0.1) is 6.42 Å². The van der Waals surface area contributed by atoms with Crippen LogP contribution in [0.3, 0.4) is 0 Å². The zero-order valence-corrected chi connectivity index (χ0v) is 16.9. The third-order valence-corrected chi connectivity index (χ3v) is 5.70. The predicted octanol–water partition coefficient (Wildman–Crippen LogP) is 4.48. The molecule has 0 radical (unpaired) electrons. The summed E-state index contributed by atoms with van der Waals surface area (Å²) in [7, 11) is -3.84. The van der Waals surface area contributed by atoms with Crippen molar-refractivity contribution in [2.24, 2.45) is 0 Å². The Morgan fingerprint density at radius 1 is 0.929 bits per heavy atom. The molecule has 0 saturated heterocycles. The van der Waals surface area contributed by atoms with Gasteiger partial charge in [0.25, 0.3) is 15.9 Å². The Morgan fingerprint density at radius 3 is 2.36 bits per heavy atom. The quantitative estimate of drug-likeness (QED) is 0.557. The van der Waals surface area contributed by atoms with E-state index < -0.39 is 15.9 Å². The molecule has 0 heterocycles. The largest absolute Gasteiger partial charge is 0.322 e. The highest BCUT2D eigenvalue weighted by Crippen LogP contribution is 2.20. The molecule has 0 aromatic heterocycles. The molecule has 0 aliphatic rings. The number of hydrogen-bond acceptors (Lipinski definition) is 3. The van der Waals surface area contributed by atoms with E-state index in [2.05, 4.69) is 31.9 Å². The van der Waals surface area contributed by atoms with Crippen molar-refractivity contribution in [2.45, 2.75) is 4.90 Å². The second kappa shape index (κ2) is 8.30. The molecular formula is C21H15BrN2O3S. The molecule has 1 amide bonds. The fourth-order valence-electron chi connectivity index (χ4n) is 2.43. The van der Waals surface area contributed by atoms with Crippen molar-refractivity contribution < 1.29 is 13.2 Å². The molecule has 140 valence electrons. The third kappa shape index (κ3) is 4.80. The van der Waals surface area contributed by atoms with Crippen molar-refractivity contribution in [3.05, 3.63) is 88.4 Å².